The van der Waals surface area contributed by atoms with Gasteiger partial charge in [-0.1, -0.05) is 11.8 Å². The van der Waals surface area contributed by atoms with Crippen LogP contribution in [0.25, 0.3) is 0 Å². The van der Waals surface area contributed by atoms with E-state index in [1.807, 2.05) is 0 Å². The third-order valence-electron chi connectivity index (χ3n) is 3.11. The van der Waals surface area contributed by atoms with E-state index in [1.165, 1.54) is 0 Å². The number of rotatable bonds is 2. The Morgan fingerprint density at radius 3 is 1.28 bits per heavy atom. The highest BCUT2D eigenvalue weighted by Crippen LogP contribution is 2.45. The maximum atomic E-state index is 12.9. The summed E-state index contributed by atoms with van der Waals surface area (Å²) in [4.78, 5) is -0.451. The Hall–Kier alpha value is -2.43. The summed E-state index contributed by atoms with van der Waals surface area (Å²) >= 11 is 0.463. The van der Waals surface area contributed by atoms with Gasteiger partial charge in [-0.25, -0.2) is 0 Å². The van der Waals surface area contributed by atoms with Gasteiger partial charge in [0.1, 0.15) is 11.5 Å². The summed E-state index contributed by atoms with van der Waals surface area (Å²) in [5.74, 6) is -1.74. The van der Waals surface area contributed by atoms with Crippen LogP contribution in [0.1, 0.15) is 11.1 Å². The van der Waals surface area contributed by atoms with Crippen LogP contribution in [0.3, 0.4) is 0 Å². The zero-order valence-electron chi connectivity index (χ0n) is 12.0. The van der Waals surface area contributed by atoms with Gasteiger partial charge < -0.3 is 21.7 Å². The summed E-state index contributed by atoms with van der Waals surface area (Å²) in [5.41, 5.74) is 5.90. The van der Waals surface area contributed by atoms with Crippen LogP contribution in [-0.2, 0) is 12.4 Å². The first-order chi connectivity index (χ1) is 11.3. The topological polar surface area (TPSA) is 92.5 Å². The van der Waals surface area contributed by atoms with Crippen molar-refractivity contribution in [3.63, 3.8) is 0 Å². The number of phenolic OH excluding ortho intramolecular Hbond substituents is 2. The molecule has 0 fully saturated rings. The molecule has 2 rings (SSSR count). The second-order valence-electron chi connectivity index (χ2n) is 4.90. The normalized spacial score (nSPS) is 12.4. The molecule has 11 heteroatoms. The van der Waals surface area contributed by atoms with Gasteiger partial charge >= 0.3 is 12.4 Å². The molecule has 0 radical (unpaired) electrons. The number of nitrogen functional groups attached to an aromatic ring is 2. The molecule has 0 spiro atoms. The van der Waals surface area contributed by atoms with Crippen molar-refractivity contribution in [1.82, 2.24) is 0 Å². The molecule has 0 aliphatic rings. The first kappa shape index (κ1) is 18.9. The van der Waals surface area contributed by atoms with Gasteiger partial charge in [0.05, 0.1) is 22.5 Å². The molecule has 136 valence electrons. The predicted molar refractivity (Wildman–Crippen MR) is 79.2 cm³/mol. The van der Waals surface area contributed by atoms with Gasteiger partial charge in [0.25, 0.3) is 0 Å². The SMILES string of the molecule is Nc1c(O)cc(Sc2cc(O)c(N)c(C(F)(F)F)c2)cc1C(F)(F)F. The number of nitrogens with two attached hydrogens (primary N) is 2. The molecule has 0 atom stereocenters. The number of phenols is 2. The van der Waals surface area contributed by atoms with Crippen molar-refractivity contribution in [1.29, 1.82) is 0 Å². The average molecular weight is 384 g/mol. The Morgan fingerprint density at radius 2 is 1.00 bits per heavy atom. The minimum atomic E-state index is -4.86. The Morgan fingerprint density at radius 1 is 0.680 bits per heavy atom. The Kier molecular flexibility index (Phi) is 4.64. The molecule has 0 bridgehead atoms. The van der Waals surface area contributed by atoms with Crippen molar-refractivity contribution in [3.05, 3.63) is 35.4 Å². The van der Waals surface area contributed by atoms with Crippen LogP contribution in [0.2, 0.25) is 0 Å². The number of alkyl halides is 6. The van der Waals surface area contributed by atoms with E-state index in [9.17, 15) is 36.6 Å². The van der Waals surface area contributed by atoms with Gasteiger partial charge in [-0.05, 0) is 24.3 Å². The van der Waals surface area contributed by atoms with Crippen molar-refractivity contribution >= 4 is 23.1 Å². The number of halogens is 6. The third-order valence-corrected chi connectivity index (χ3v) is 4.05. The summed E-state index contributed by atoms with van der Waals surface area (Å²) in [6.45, 7) is 0. The van der Waals surface area contributed by atoms with E-state index in [-0.39, 0.29) is 9.79 Å². The molecule has 0 heterocycles. The van der Waals surface area contributed by atoms with Crippen molar-refractivity contribution in [2.75, 3.05) is 11.5 Å². The Labute approximate surface area is 141 Å². The number of hydrogen-bond acceptors (Lipinski definition) is 5. The molecular formula is C14H10F6N2O2S. The molecule has 0 aliphatic heterocycles. The zero-order valence-corrected chi connectivity index (χ0v) is 12.9. The lowest BCUT2D eigenvalue weighted by Crippen LogP contribution is -2.09. The molecule has 0 aromatic heterocycles. The van der Waals surface area contributed by atoms with Crippen LogP contribution >= 0.6 is 11.8 Å². The first-order valence-electron chi connectivity index (χ1n) is 6.38. The molecule has 0 amide bonds. The molecular weight excluding hydrogens is 374 g/mol. The van der Waals surface area contributed by atoms with Crippen molar-refractivity contribution in [2.24, 2.45) is 0 Å². The van der Waals surface area contributed by atoms with Crippen molar-refractivity contribution < 1.29 is 36.6 Å². The average Bonchev–Trinajstić information content (AvgIpc) is 2.43. The van der Waals surface area contributed by atoms with E-state index >= 15 is 0 Å². The second kappa shape index (κ2) is 6.14. The van der Waals surface area contributed by atoms with Crippen molar-refractivity contribution in [3.8, 4) is 11.5 Å². The number of benzene rings is 2. The van der Waals surface area contributed by atoms with Crippen LogP contribution in [0, 0.1) is 0 Å². The van der Waals surface area contributed by atoms with Crippen LogP contribution in [0.5, 0.6) is 11.5 Å². The highest BCUT2D eigenvalue weighted by molar-refractivity contribution is 7.99. The van der Waals surface area contributed by atoms with Crippen LogP contribution in [0.15, 0.2) is 34.1 Å². The minimum absolute atomic E-state index is 0.226. The van der Waals surface area contributed by atoms with Gasteiger partial charge in [0.2, 0.25) is 0 Å². The van der Waals surface area contributed by atoms with Crippen LogP contribution < -0.4 is 11.5 Å². The molecule has 2 aromatic carbocycles. The fourth-order valence-corrected chi connectivity index (χ4v) is 2.91. The van der Waals surface area contributed by atoms with Gasteiger partial charge in [-0.15, -0.1) is 0 Å². The first-order valence-corrected chi connectivity index (χ1v) is 7.19. The molecule has 25 heavy (non-hydrogen) atoms. The van der Waals surface area contributed by atoms with E-state index in [0.717, 1.165) is 12.1 Å². The lowest BCUT2D eigenvalue weighted by Gasteiger charge is -2.15. The molecule has 2 aromatic rings. The summed E-state index contributed by atoms with van der Waals surface area (Å²) in [6.07, 6.45) is -9.73. The quantitative estimate of drug-likeness (QED) is 0.349. The number of anilines is 2. The highest BCUT2D eigenvalue weighted by Gasteiger charge is 2.36. The van der Waals surface area contributed by atoms with E-state index in [2.05, 4.69) is 0 Å². The third kappa shape index (κ3) is 3.98. The summed E-state index contributed by atoms with van der Waals surface area (Å²) in [7, 11) is 0. The molecule has 0 saturated heterocycles. The van der Waals surface area contributed by atoms with E-state index in [0.29, 0.717) is 23.9 Å². The monoisotopic (exact) mass is 384 g/mol. The molecule has 4 nitrogen and oxygen atoms in total. The van der Waals surface area contributed by atoms with Crippen LogP contribution in [-0.4, -0.2) is 10.2 Å². The number of aromatic hydroxyl groups is 2. The number of hydrogen-bond donors (Lipinski definition) is 4. The zero-order chi connectivity index (χ0) is 19.2. The molecule has 0 unspecified atom stereocenters. The molecule has 0 aliphatic carbocycles. The van der Waals surface area contributed by atoms with Gasteiger partial charge in [-0.2, -0.15) is 26.3 Å². The van der Waals surface area contributed by atoms with E-state index in [4.69, 9.17) is 11.5 Å². The lowest BCUT2D eigenvalue weighted by atomic mass is 10.1. The fourth-order valence-electron chi connectivity index (χ4n) is 1.95. The van der Waals surface area contributed by atoms with E-state index in [1.54, 1.807) is 0 Å². The summed E-state index contributed by atoms with van der Waals surface area (Å²) < 4.78 is 77.3. The largest absolute Gasteiger partial charge is 0.506 e. The van der Waals surface area contributed by atoms with E-state index < -0.39 is 46.4 Å². The molecule has 0 saturated carbocycles. The van der Waals surface area contributed by atoms with Crippen molar-refractivity contribution in [2.45, 2.75) is 22.1 Å². The smallest absolute Gasteiger partial charge is 0.418 e. The predicted octanol–water partition coefficient (Wildman–Crippen LogP) is 4.45. The maximum absolute atomic E-state index is 12.9. The van der Waals surface area contributed by atoms with Gasteiger partial charge in [-0.3, -0.25) is 0 Å². The fraction of sp³-hybridized carbons (Fsp3) is 0.143. The second-order valence-corrected chi connectivity index (χ2v) is 6.05. The van der Waals surface area contributed by atoms with Crippen LogP contribution in [0.4, 0.5) is 37.7 Å². The van der Waals surface area contributed by atoms with Gasteiger partial charge in [0.15, 0.2) is 0 Å². The Balaban J connectivity index is 2.51. The summed E-state index contributed by atoms with van der Waals surface area (Å²) in [5, 5.41) is 19.0. The minimum Gasteiger partial charge on any atom is -0.506 e. The maximum Gasteiger partial charge on any atom is 0.418 e. The standard InChI is InChI=1S/C14H10F6N2O2S/c15-13(16,17)7-1-5(3-9(23)11(7)21)25-6-2-8(14(18,19)20)12(22)10(24)4-6/h1-4,23-24H,21-22H2. The highest BCUT2D eigenvalue weighted by atomic mass is 32.2. The lowest BCUT2D eigenvalue weighted by molar-refractivity contribution is -0.137. The Bertz CT molecular complexity index is 753. The van der Waals surface area contributed by atoms with Gasteiger partial charge in [0, 0.05) is 9.79 Å². The summed E-state index contributed by atoms with van der Waals surface area (Å²) in [6, 6.07) is 2.91. The molecule has 6 N–H and O–H groups in total.